The first-order valence-electron chi connectivity index (χ1n) is 7.30. The second kappa shape index (κ2) is 7.92. The van der Waals surface area contributed by atoms with E-state index in [1.807, 2.05) is 38.1 Å². The molecule has 1 aromatic heterocycles. The summed E-state index contributed by atoms with van der Waals surface area (Å²) in [5, 5.41) is 10.3. The maximum Gasteiger partial charge on any atom is 0.250 e. The Balaban J connectivity index is 2.08. The molecule has 1 heterocycles. The Morgan fingerprint density at radius 1 is 0.909 bits per heavy atom. The van der Waals surface area contributed by atoms with Crippen LogP contribution in [0.3, 0.4) is 0 Å². The van der Waals surface area contributed by atoms with Gasteiger partial charge in [-0.15, -0.1) is 0 Å². The van der Waals surface area contributed by atoms with Gasteiger partial charge >= 0.3 is 0 Å². The molecule has 2 aromatic rings. The highest BCUT2D eigenvalue weighted by atomic mass is 15.4. The van der Waals surface area contributed by atoms with Gasteiger partial charge in [0.1, 0.15) is 0 Å². The van der Waals surface area contributed by atoms with Gasteiger partial charge in [-0.25, -0.2) is 5.43 Å². The van der Waals surface area contributed by atoms with Crippen LogP contribution in [0.2, 0.25) is 0 Å². The molecule has 22 heavy (non-hydrogen) atoms. The summed E-state index contributed by atoms with van der Waals surface area (Å²) in [6, 6.07) is 8.08. The van der Waals surface area contributed by atoms with E-state index in [0.29, 0.717) is 17.8 Å². The zero-order valence-electron chi connectivity index (χ0n) is 13.1. The molecule has 0 spiro atoms. The Bertz CT molecular complexity index is 598. The number of hydrazone groups is 1. The van der Waals surface area contributed by atoms with E-state index in [1.165, 1.54) is 5.56 Å². The first-order chi connectivity index (χ1) is 10.7. The number of aromatic nitrogens is 3. The minimum atomic E-state index is 0.394. The molecule has 0 unspecified atom stereocenters. The Hall–Kier alpha value is -2.70. The Morgan fingerprint density at radius 3 is 2.00 bits per heavy atom. The zero-order valence-corrected chi connectivity index (χ0v) is 13.1. The van der Waals surface area contributed by atoms with Crippen LogP contribution >= 0.6 is 0 Å². The first kappa shape index (κ1) is 15.7. The van der Waals surface area contributed by atoms with Crippen molar-refractivity contribution in [3.8, 4) is 0 Å². The lowest BCUT2D eigenvalue weighted by atomic mass is 10.2. The molecule has 7 nitrogen and oxygen atoms in total. The molecule has 0 aliphatic carbocycles. The van der Waals surface area contributed by atoms with E-state index in [4.69, 9.17) is 0 Å². The standard InChI is InChI=1S/C15H21N7/c1-4-16-13-19-14(17-5-2)21-15(20-13)22-18-10-12-8-6-11(3)7-9-12/h6-10H,4-5H2,1-3H3,(H3,16,17,19,20,21,22)/b18-10+. The van der Waals surface area contributed by atoms with Crippen molar-refractivity contribution in [2.75, 3.05) is 29.1 Å². The largest absolute Gasteiger partial charge is 0.354 e. The van der Waals surface area contributed by atoms with E-state index in [-0.39, 0.29) is 0 Å². The molecule has 0 aliphatic rings. The van der Waals surface area contributed by atoms with E-state index in [1.54, 1.807) is 6.21 Å². The second-order valence-corrected chi connectivity index (χ2v) is 4.65. The summed E-state index contributed by atoms with van der Waals surface area (Å²) in [6.07, 6.45) is 1.73. The third kappa shape index (κ3) is 4.69. The Labute approximate surface area is 130 Å². The van der Waals surface area contributed by atoms with E-state index in [0.717, 1.165) is 18.7 Å². The number of benzene rings is 1. The molecule has 0 saturated heterocycles. The van der Waals surface area contributed by atoms with Crippen LogP contribution in [-0.2, 0) is 0 Å². The summed E-state index contributed by atoms with van der Waals surface area (Å²) < 4.78 is 0. The van der Waals surface area contributed by atoms with Crippen LogP contribution in [0.25, 0.3) is 0 Å². The lowest BCUT2D eigenvalue weighted by molar-refractivity contribution is 0.992. The second-order valence-electron chi connectivity index (χ2n) is 4.65. The Morgan fingerprint density at radius 2 is 1.45 bits per heavy atom. The van der Waals surface area contributed by atoms with Gasteiger partial charge in [-0.2, -0.15) is 20.1 Å². The molecule has 0 atom stereocenters. The molecular formula is C15H21N7. The summed E-state index contributed by atoms with van der Waals surface area (Å²) in [6.45, 7) is 7.50. The van der Waals surface area contributed by atoms with Crippen molar-refractivity contribution in [1.29, 1.82) is 0 Å². The SMILES string of the molecule is CCNc1nc(NCC)nc(N/N=C/c2ccc(C)cc2)n1. The minimum Gasteiger partial charge on any atom is -0.354 e. The number of rotatable bonds is 7. The van der Waals surface area contributed by atoms with Gasteiger partial charge < -0.3 is 10.6 Å². The molecule has 0 radical (unpaired) electrons. The normalized spacial score (nSPS) is 10.7. The van der Waals surface area contributed by atoms with Crippen molar-refractivity contribution in [3.63, 3.8) is 0 Å². The molecule has 0 saturated carbocycles. The van der Waals surface area contributed by atoms with Gasteiger partial charge in [0.25, 0.3) is 0 Å². The summed E-state index contributed by atoms with van der Waals surface area (Å²) in [4.78, 5) is 12.8. The van der Waals surface area contributed by atoms with Crippen LogP contribution in [0.15, 0.2) is 29.4 Å². The van der Waals surface area contributed by atoms with Crippen molar-refractivity contribution in [2.45, 2.75) is 20.8 Å². The number of nitrogens with one attached hydrogen (secondary N) is 3. The van der Waals surface area contributed by atoms with Crippen LogP contribution in [0.4, 0.5) is 17.8 Å². The number of hydrogen-bond acceptors (Lipinski definition) is 7. The fourth-order valence-corrected chi connectivity index (χ4v) is 1.72. The van der Waals surface area contributed by atoms with Crippen LogP contribution < -0.4 is 16.1 Å². The molecule has 1 aromatic carbocycles. The van der Waals surface area contributed by atoms with Crippen molar-refractivity contribution < 1.29 is 0 Å². The quantitative estimate of drug-likeness (QED) is 0.538. The summed E-state index contributed by atoms with van der Waals surface area (Å²) in [7, 11) is 0. The minimum absolute atomic E-state index is 0.394. The van der Waals surface area contributed by atoms with Crippen molar-refractivity contribution in [2.24, 2.45) is 5.10 Å². The maximum absolute atomic E-state index is 4.25. The molecule has 0 aliphatic heterocycles. The lowest BCUT2D eigenvalue weighted by Crippen LogP contribution is -2.10. The van der Waals surface area contributed by atoms with Crippen LogP contribution in [-0.4, -0.2) is 34.3 Å². The Kier molecular flexibility index (Phi) is 5.65. The van der Waals surface area contributed by atoms with Gasteiger partial charge in [0.05, 0.1) is 6.21 Å². The van der Waals surface area contributed by atoms with Gasteiger partial charge in [0.15, 0.2) is 0 Å². The highest BCUT2D eigenvalue weighted by Gasteiger charge is 2.04. The fourth-order valence-electron chi connectivity index (χ4n) is 1.72. The molecule has 0 bridgehead atoms. The van der Waals surface area contributed by atoms with E-state index in [9.17, 15) is 0 Å². The maximum atomic E-state index is 4.25. The van der Waals surface area contributed by atoms with Crippen LogP contribution in [0.1, 0.15) is 25.0 Å². The average molecular weight is 299 g/mol. The fraction of sp³-hybridized carbons (Fsp3) is 0.333. The number of aryl methyl sites for hydroxylation is 1. The summed E-state index contributed by atoms with van der Waals surface area (Å²) in [5.74, 6) is 1.42. The smallest absolute Gasteiger partial charge is 0.250 e. The van der Waals surface area contributed by atoms with Gasteiger partial charge in [-0.05, 0) is 26.3 Å². The zero-order chi connectivity index (χ0) is 15.8. The third-order valence-electron chi connectivity index (χ3n) is 2.76. The van der Waals surface area contributed by atoms with Gasteiger partial charge in [-0.3, -0.25) is 0 Å². The van der Waals surface area contributed by atoms with Gasteiger partial charge in [-0.1, -0.05) is 29.8 Å². The monoisotopic (exact) mass is 299 g/mol. The van der Waals surface area contributed by atoms with E-state index < -0.39 is 0 Å². The number of hydrogen-bond donors (Lipinski definition) is 3. The number of anilines is 3. The average Bonchev–Trinajstić information content (AvgIpc) is 2.50. The summed E-state index contributed by atoms with van der Waals surface area (Å²) in [5.41, 5.74) is 5.05. The molecule has 0 fully saturated rings. The summed E-state index contributed by atoms with van der Waals surface area (Å²) >= 11 is 0. The van der Waals surface area contributed by atoms with Crippen molar-refractivity contribution in [3.05, 3.63) is 35.4 Å². The third-order valence-corrected chi connectivity index (χ3v) is 2.76. The molecule has 0 amide bonds. The lowest BCUT2D eigenvalue weighted by Gasteiger charge is -2.07. The topological polar surface area (TPSA) is 87.1 Å². The van der Waals surface area contributed by atoms with Crippen LogP contribution in [0.5, 0.6) is 0 Å². The number of nitrogens with zero attached hydrogens (tertiary/aromatic N) is 4. The van der Waals surface area contributed by atoms with E-state index in [2.05, 4.69) is 43.0 Å². The molecule has 3 N–H and O–H groups in total. The van der Waals surface area contributed by atoms with Gasteiger partial charge in [0.2, 0.25) is 17.8 Å². The highest BCUT2D eigenvalue weighted by Crippen LogP contribution is 2.09. The van der Waals surface area contributed by atoms with E-state index >= 15 is 0 Å². The molecular weight excluding hydrogens is 278 g/mol. The predicted octanol–water partition coefficient (Wildman–Crippen LogP) is 2.49. The highest BCUT2D eigenvalue weighted by molar-refractivity contribution is 5.80. The molecule has 7 heteroatoms. The van der Waals surface area contributed by atoms with Crippen molar-refractivity contribution >= 4 is 24.1 Å². The van der Waals surface area contributed by atoms with Crippen LogP contribution in [0, 0.1) is 6.92 Å². The van der Waals surface area contributed by atoms with Crippen molar-refractivity contribution in [1.82, 2.24) is 15.0 Å². The first-order valence-corrected chi connectivity index (χ1v) is 7.30. The molecule has 2 rings (SSSR count). The molecule has 116 valence electrons. The van der Waals surface area contributed by atoms with Gasteiger partial charge in [0, 0.05) is 13.1 Å². The predicted molar refractivity (Wildman–Crippen MR) is 90.6 cm³/mol.